The maximum Gasteiger partial charge on any atom is 0.315 e. The van der Waals surface area contributed by atoms with Crippen LogP contribution in [0.25, 0.3) is 0 Å². The van der Waals surface area contributed by atoms with Crippen LogP contribution in [0.2, 0.25) is 0 Å². The molecule has 0 unspecified atom stereocenters. The van der Waals surface area contributed by atoms with Crippen LogP contribution in [-0.4, -0.2) is 51.3 Å². The molecule has 0 aromatic heterocycles. The Hall–Kier alpha value is -1.80. The Labute approximate surface area is 137 Å². The topological polar surface area (TPSA) is 87.7 Å². The lowest BCUT2D eigenvalue weighted by atomic mass is 10.1. The molecule has 1 atom stereocenters. The van der Waals surface area contributed by atoms with Gasteiger partial charge in [0.25, 0.3) is 0 Å². The summed E-state index contributed by atoms with van der Waals surface area (Å²) >= 11 is 0. The monoisotopic (exact) mass is 341 g/mol. The molecule has 2 rings (SSSR count). The van der Waals surface area contributed by atoms with Crippen molar-refractivity contribution < 1.29 is 17.9 Å². The minimum Gasteiger partial charge on any atom is -0.497 e. The molecule has 0 radical (unpaired) electrons. The summed E-state index contributed by atoms with van der Waals surface area (Å²) in [4.78, 5) is 11.9. The summed E-state index contributed by atoms with van der Waals surface area (Å²) < 4.78 is 29.6. The van der Waals surface area contributed by atoms with Crippen LogP contribution in [0.5, 0.6) is 5.75 Å². The predicted octanol–water partition coefficient (Wildman–Crippen LogP) is 0.918. The fourth-order valence-electron chi connectivity index (χ4n) is 2.52. The number of nitrogens with zero attached hydrogens (tertiary/aromatic N) is 1. The third-order valence-corrected chi connectivity index (χ3v) is 5.07. The van der Waals surface area contributed by atoms with Gasteiger partial charge in [-0.2, -0.15) is 0 Å². The van der Waals surface area contributed by atoms with Crippen molar-refractivity contribution in [2.24, 2.45) is 0 Å². The third-order valence-electron chi connectivity index (χ3n) is 3.80. The molecule has 0 saturated carbocycles. The van der Waals surface area contributed by atoms with E-state index in [1.54, 1.807) is 7.11 Å². The van der Waals surface area contributed by atoms with Crippen molar-refractivity contribution in [1.82, 2.24) is 14.9 Å². The quantitative estimate of drug-likeness (QED) is 0.834. The van der Waals surface area contributed by atoms with Gasteiger partial charge in [-0.3, -0.25) is 0 Å². The molecule has 1 fully saturated rings. The SMILES string of the molecule is COc1ccc(CNC(=O)N[C@@H]2CCCN(S(C)(=O)=O)C2)cc1. The van der Waals surface area contributed by atoms with Gasteiger partial charge >= 0.3 is 6.03 Å². The van der Waals surface area contributed by atoms with Gasteiger partial charge in [0.05, 0.1) is 13.4 Å². The highest BCUT2D eigenvalue weighted by Crippen LogP contribution is 2.13. The summed E-state index contributed by atoms with van der Waals surface area (Å²) in [7, 11) is -1.60. The number of hydrogen-bond donors (Lipinski definition) is 2. The van der Waals surface area contributed by atoms with E-state index in [1.165, 1.54) is 10.6 Å². The summed E-state index contributed by atoms with van der Waals surface area (Å²) in [5.41, 5.74) is 0.961. The van der Waals surface area contributed by atoms with Crippen LogP contribution in [0.3, 0.4) is 0 Å². The number of methoxy groups -OCH3 is 1. The Morgan fingerprint density at radius 3 is 2.65 bits per heavy atom. The van der Waals surface area contributed by atoms with Crippen LogP contribution in [-0.2, 0) is 16.6 Å². The molecule has 0 spiro atoms. The van der Waals surface area contributed by atoms with Crippen molar-refractivity contribution >= 4 is 16.1 Å². The first kappa shape index (κ1) is 17.6. The first-order valence-corrected chi connectivity index (χ1v) is 9.36. The fourth-order valence-corrected chi connectivity index (χ4v) is 3.44. The maximum absolute atomic E-state index is 11.9. The summed E-state index contributed by atoms with van der Waals surface area (Å²) in [5, 5.41) is 5.61. The smallest absolute Gasteiger partial charge is 0.315 e. The lowest BCUT2D eigenvalue weighted by molar-refractivity contribution is 0.225. The molecular weight excluding hydrogens is 318 g/mol. The predicted molar refractivity (Wildman–Crippen MR) is 87.8 cm³/mol. The molecule has 0 aliphatic carbocycles. The van der Waals surface area contributed by atoms with Gasteiger partial charge in [-0.1, -0.05) is 12.1 Å². The van der Waals surface area contributed by atoms with Crippen LogP contribution in [0, 0.1) is 0 Å². The molecule has 7 nitrogen and oxygen atoms in total. The lowest BCUT2D eigenvalue weighted by Gasteiger charge is -2.31. The normalized spacial score (nSPS) is 19.1. The minimum absolute atomic E-state index is 0.158. The molecule has 1 aliphatic heterocycles. The first-order valence-electron chi connectivity index (χ1n) is 7.51. The van der Waals surface area contributed by atoms with E-state index < -0.39 is 10.0 Å². The van der Waals surface area contributed by atoms with Crippen molar-refractivity contribution in [2.45, 2.75) is 25.4 Å². The van der Waals surface area contributed by atoms with E-state index in [1.807, 2.05) is 24.3 Å². The highest BCUT2D eigenvalue weighted by atomic mass is 32.2. The lowest BCUT2D eigenvalue weighted by Crippen LogP contribution is -2.51. The van der Waals surface area contributed by atoms with Crippen molar-refractivity contribution in [3.63, 3.8) is 0 Å². The molecule has 1 heterocycles. The molecular formula is C15H23N3O4S. The van der Waals surface area contributed by atoms with E-state index in [-0.39, 0.29) is 12.1 Å². The molecule has 1 aromatic rings. The number of piperidine rings is 1. The van der Waals surface area contributed by atoms with Crippen LogP contribution in [0.1, 0.15) is 18.4 Å². The van der Waals surface area contributed by atoms with Crippen LogP contribution >= 0.6 is 0 Å². The molecule has 128 valence electrons. The number of hydrogen-bond acceptors (Lipinski definition) is 4. The third kappa shape index (κ3) is 5.40. The van der Waals surface area contributed by atoms with Crippen LogP contribution < -0.4 is 15.4 Å². The number of sulfonamides is 1. The van der Waals surface area contributed by atoms with Gasteiger partial charge in [0, 0.05) is 25.7 Å². The minimum atomic E-state index is -3.21. The average molecular weight is 341 g/mol. The first-order chi connectivity index (χ1) is 10.9. The van der Waals surface area contributed by atoms with Gasteiger partial charge in [0.1, 0.15) is 5.75 Å². The molecule has 8 heteroatoms. The van der Waals surface area contributed by atoms with E-state index >= 15 is 0 Å². The number of ether oxygens (including phenoxy) is 1. The van der Waals surface area contributed by atoms with Gasteiger partial charge in [-0.15, -0.1) is 0 Å². The van der Waals surface area contributed by atoms with E-state index in [4.69, 9.17) is 4.74 Å². The Kier molecular flexibility index (Phi) is 5.84. The molecule has 23 heavy (non-hydrogen) atoms. The zero-order chi connectivity index (χ0) is 16.9. The van der Waals surface area contributed by atoms with E-state index in [2.05, 4.69) is 10.6 Å². The van der Waals surface area contributed by atoms with E-state index in [9.17, 15) is 13.2 Å². The van der Waals surface area contributed by atoms with Crippen molar-refractivity contribution in [3.8, 4) is 5.75 Å². The number of urea groups is 1. The van der Waals surface area contributed by atoms with Gasteiger partial charge in [-0.25, -0.2) is 17.5 Å². The fraction of sp³-hybridized carbons (Fsp3) is 0.533. The van der Waals surface area contributed by atoms with Crippen molar-refractivity contribution in [1.29, 1.82) is 0 Å². The Bertz CT molecular complexity index is 631. The average Bonchev–Trinajstić information content (AvgIpc) is 2.53. The summed E-state index contributed by atoms with van der Waals surface area (Å²) in [5.74, 6) is 0.765. The summed E-state index contributed by atoms with van der Waals surface area (Å²) in [6.07, 6.45) is 2.72. The number of benzene rings is 1. The zero-order valence-corrected chi connectivity index (χ0v) is 14.2. The summed E-state index contributed by atoms with van der Waals surface area (Å²) in [6.45, 7) is 1.25. The van der Waals surface area contributed by atoms with Gasteiger partial charge in [0.15, 0.2) is 0 Å². The Morgan fingerprint density at radius 1 is 1.35 bits per heavy atom. The standard InChI is InChI=1S/C15H23N3O4S/c1-22-14-7-5-12(6-8-14)10-16-15(19)17-13-4-3-9-18(11-13)23(2,20)21/h5-8,13H,3-4,9-11H2,1-2H3,(H2,16,17,19)/t13-/m1/s1. The summed E-state index contributed by atoms with van der Waals surface area (Å²) in [6, 6.07) is 6.98. The van der Waals surface area contributed by atoms with Gasteiger partial charge < -0.3 is 15.4 Å². The molecule has 2 N–H and O–H groups in total. The number of rotatable bonds is 5. The Balaban J connectivity index is 1.80. The molecule has 0 bridgehead atoms. The van der Waals surface area contributed by atoms with Crippen LogP contribution in [0.15, 0.2) is 24.3 Å². The van der Waals surface area contributed by atoms with E-state index in [0.29, 0.717) is 19.6 Å². The van der Waals surface area contributed by atoms with Crippen molar-refractivity contribution in [3.05, 3.63) is 29.8 Å². The second-order valence-corrected chi connectivity index (χ2v) is 7.62. The second-order valence-electron chi connectivity index (χ2n) is 5.64. The molecule has 1 aromatic carbocycles. The molecule has 1 aliphatic rings. The highest BCUT2D eigenvalue weighted by Gasteiger charge is 2.26. The number of amides is 2. The zero-order valence-electron chi connectivity index (χ0n) is 13.4. The van der Waals surface area contributed by atoms with Crippen molar-refractivity contribution in [2.75, 3.05) is 26.5 Å². The number of nitrogens with one attached hydrogen (secondary N) is 2. The van der Waals surface area contributed by atoms with Gasteiger partial charge in [0.2, 0.25) is 10.0 Å². The largest absolute Gasteiger partial charge is 0.497 e. The highest BCUT2D eigenvalue weighted by molar-refractivity contribution is 7.88. The van der Waals surface area contributed by atoms with E-state index in [0.717, 1.165) is 24.2 Å². The van der Waals surface area contributed by atoms with Crippen LogP contribution in [0.4, 0.5) is 4.79 Å². The number of carbonyl (C=O) groups is 1. The molecule has 1 saturated heterocycles. The Morgan fingerprint density at radius 2 is 2.04 bits per heavy atom. The number of carbonyl (C=O) groups excluding carboxylic acids is 1. The molecule has 2 amide bonds. The van der Waals surface area contributed by atoms with Gasteiger partial charge in [-0.05, 0) is 30.5 Å². The maximum atomic E-state index is 11.9. The second kappa shape index (κ2) is 7.65.